The molecule has 3 aromatic heterocycles. The fourth-order valence-corrected chi connectivity index (χ4v) is 4.63. The lowest BCUT2D eigenvalue weighted by molar-refractivity contribution is 0.102. The number of ether oxygens (including phenoxy) is 3. The van der Waals surface area contributed by atoms with E-state index in [4.69, 9.17) is 14.2 Å². The minimum absolute atomic E-state index is 0.269. The van der Waals surface area contributed by atoms with Gasteiger partial charge in [-0.15, -0.1) is 0 Å². The highest BCUT2D eigenvalue weighted by Gasteiger charge is 2.16. The Morgan fingerprint density at radius 1 is 0.854 bits per heavy atom. The average Bonchev–Trinajstić information content (AvgIpc) is 3.62. The summed E-state index contributed by atoms with van der Waals surface area (Å²) in [6, 6.07) is 27.5. The molecule has 0 aliphatic rings. The first kappa shape index (κ1) is 26.1. The van der Waals surface area contributed by atoms with Crippen LogP contribution in [0, 0.1) is 0 Å². The molecule has 1 amide bonds. The van der Waals surface area contributed by atoms with Crippen molar-refractivity contribution in [3.8, 4) is 11.5 Å². The first-order chi connectivity index (χ1) is 20.2. The van der Waals surface area contributed by atoms with E-state index >= 15 is 0 Å². The summed E-state index contributed by atoms with van der Waals surface area (Å²) < 4.78 is 20.3. The molecule has 0 spiro atoms. The molecule has 3 aromatic carbocycles. The molecule has 9 nitrogen and oxygen atoms in total. The van der Waals surface area contributed by atoms with E-state index in [0.29, 0.717) is 49.1 Å². The summed E-state index contributed by atoms with van der Waals surface area (Å²) in [4.78, 5) is 17.7. The Bertz CT molecular complexity index is 1790. The molecule has 0 saturated heterocycles. The van der Waals surface area contributed by atoms with Gasteiger partial charge < -0.3 is 19.5 Å². The summed E-state index contributed by atoms with van der Waals surface area (Å²) in [6.45, 7) is 2.00. The maximum atomic E-state index is 13.3. The molecule has 6 rings (SSSR count). The van der Waals surface area contributed by atoms with Gasteiger partial charge in [-0.25, -0.2) is 4.98 Å². The van der Waals surface area contributed by atoms with E-state index in [1.54, 1.807) is 42.2 Å². The number of carbonyl (C=O) groups is 1. The van der Waals surface area contributed by atoms with Crippen LogP contribution < -0.4 is 14.8 Å². The lowest BCUT2D eigenvalue weighted by Gasteiger charge is -2.10. The highest BCUT2D eigenvalue weighted by Crippen LogP contribution is 2.26. The van der Waals surface area contributed by atoms with E-state index in [1.807, 2.05) is 77.5 Å². The van der Waals surface area contributed by atoms with Gasteiger partial charge in [-0.3, -0.25) is 13.9 Å². The minimum Gasteiger partial charge on any atom is -0.491 e. The van der Waals surface area contributed by atoms with Crippen LogP contribution in [0.25, 0.3) is 16.6 Å². The number of hydrogen-bond donors (Lipinski definition) is 1. The third kappa shape index (κ3) is 5.90. The number of methoxy groups -OCH3 is 1. The van der Waals surface area contributed by atoms with Gasteiger partial charge in [0.05, 0.1) is 36.7 Å². The number of nitrogens with zero attached hydrogens (tertiary/aromatic N) is 4. The van der Waals surface area contributed by atoms with Gasteiger partial charge >= 0.3 is 0 Å². The van der Waals surface area contributed by atoms with Crippen LogP contribution in [0.1, 0.15) is 21.6 Å². The maximum Gasteiger partial charge on any atom is 0.274 e. The topological polar surface area (TPSA) is 91.9 Å². The molecule has 0 atom stereocenters. The summed E-state index contributed by atoms with van der Waals surface area (Å²) in [6.07, 6.45) is 5.11. The van der Waals surface area contributed by atoms with Crippen molar-refractivity contribution in [2.75, 3.05) is 25.6 Å². The van der Waals surface area contributed by atoms with E-state index < -0.39 is 0 Å². The highest BCUT2D eigenvalue weighted by molar-refractivity contribution is 6.08. The predicted molar refractivity (Wildman–Crippen MR) is 157 cm³/mol. The van der Waals surface area contributed by atoms with Gasteiger partial charge in [0.25, 0.3) is 5.91 Å². The molecule has 0 fully saturated rings. The number of nitrogens with one attached hydrogen (secondary N) is 1. The molecule has 9 heteroatoms. The monoisotopic (exact) mass is 547 g/mol. The number of hydrogen-bond acceptors (Lipinski definition) is 6. The van der Waals surface area contributed by atoms with Gasteiger partial charge in [-0.05, 0) is 41.5 Å². The number of fused-ring (bicyclic) bond motifs is 2. The van der Waals surface area contributed by atoms with E-state index in [0.717, 1.165) is 27.8 Å². The summed E-state index contributed by atoms with van der Waals surface area (Å²) >= 11 is 0. The van der Waals surface area contributed by atoms with Crippen molar-refractivity contribution in [1.29, 1.82) is 0 Å². The highest BCUT2D eigenvalue weighted by atomic mass is 16.5. The lowest BCUT2D eigenvalue weighted by Crippen LogP contribution is -2.14. The first-order valence-corrected chi connectivity index (χ1v) is 13.3. The Morgan fingerprint density at radius 3 is 2.56 bits per heavy atom. The number of amides is 1. The molecule has 3 heterocycles. The van der Waals surface area contributed by atoms with Gasteiger partial charge in [0, 0.05) is 24.8 Å². The number of aromatic nitrogens is 4. The van der Waals surface area contributed by atoms with Crippen LogP contribution in [0.4, 0.5) is 5.69 Å². The van der Waals surface area contributed by atoms with Crippen LogP contribution in [0.3, 0.4) is 0 Å². The minimum atomic E-state index is -0.269. The molecule has 41 heavy (non-hydrogen) atoms. The van der Waals surface area contributed by atoms with E-state index in [9.17, 15) is 4.79 Å². The molecule has 6 aromatic rings. The zero-order valence-corrected chi connectivity index (χ0v) is 22.6. The Kier molecular flexibility index (Phi) is 7.59. The number of pyridine rings is 1. The standard InChI is InChI=1S/C32H29N5O4/c1-39-15-16-40-26-13-14-36-30(20-33-31(36)18-26)32(38)35-28-11-6-12-29-27(28)19-34-37(29)21-24-9-5-10-25(17-24)41-22-23-7-3-2-4-8-23/h2-14,17-20H,15-16,21-22H2,1H3,(H,35,38). The quantitative estimate of drug-likeness (QED) is 0.213. The van der Waals surface area contributed by atoms with Gasteiger partial charge in [0.1, 0.15) is 36.1 Å². The molecular formula is C32H29N5O4. The molecule has 0 aliphatic carbocycles. The number of benzene rings is 3. The van der Waals surface area contributed by atoms with Crippen molar-refractivity contribution in [3.63, 3.8) is 0 Å². The molecule has 0 bridgehead atoms. The van der Waals surface area contributed by atoms with Gasteiger partial charge in [0.15, 0.2) is 0 Å². The normalized spacial score (nSPS) is 11.1. The third-order valence-electron chi connectivity index (χ3n) is 6.69. The van der Waals surface area contributed by atoms with Crippen molar-refractivity contribution in [2.24, 2.45) is 0 Å². The molecule has 0 aliphatic heterocycles. The van der Waals surface area contributed by atoms with E-state index in [2.05, 4.69) is 15.4 Å². The van der Waals surface area contributed by atoms with Gasteiger partial charge in [-0.1, -0.05) is 48.5 Å². The van der Waals surface area contributed by atoms with Crippen molar-refractivity contribution < 1.29 is 19.0 Å². The molecule has 0 radical (unpaired) electrons. The van der Waals surface area contributed by atoms with E-state index in [-0.39, 0.29) is 5.91 Å². The Balaban J connectivity index is 1.16. The number of carbonyl (C=O) groups excluding carboxylic acids is 1. The fraction of sp³-hybridized carbons (Fsp3) is 0.156. The molecule has 206 valence electrons. The summed E-state index contributed by atoms with van der Waals surface area (Å²) in [5.41, 5.74) is 4.80. The van der Waals surface area contributed by atoms with Crippen LogP contribution in [-0.2, 0) is 17.9 Å². The van der Waals surface area contributed by atoms with E-state index in [1.165, 1.54) is 0 Å². The van der Waals surface area contributed by atoms with Crippen LogP contribution in [0.2, 0.25) is 0 Å². The maximum absolute atomic E-state index is 13.3. The molecule has 0 unspecified atom stereocenters. The third-order valence-corrected chi connectivity index (χ3v) is 6.69. The number of imidazole rings is 1. The molecule has 0 saturated carbocycles. The summed E-state index contributed by atoms with van der Waals surface area (Å²) in [5, 5.41) is 8.50. The average molecular weight is 548 g/mol. The zero-order valence-electron chi connectivity index (χ0n) is 22.6. The van der Waals surface area contributed by atoms with Crippen molar-refractivity contribution in [2.45, 2.75) is 13.2 Å². The second-order valence-corrected chi connectivity index (χ2v) is 9.49. The van der Waals surface area contributed by atoms with Crippen LogP contribution in [-0.4, -0.2) is 45.4 Å². The Hall–Kier alpha value is -5.15. The second kappa shape index (κ2) is 11.9. The van der Waals surface area contributed by atoms with Crippen molar-refractivity contribution in [3.05, 3.63) is 120 Å². The largest absolute Gasteiger partial charge is 0.491 e. The second-order valence-electron chi connectivity index (χ2n) is 9.49. The molecule has 1 N–H and O–H groups in total. The molecular weight excluding hydrogens is 518 g/mol. The lowest BCUT2D eigenvalue weighted by atomic mass is 10.2. The zero-order chi connectivity index (χ0) is 28.0. The van der Waals surface area contributed by atoms with Gasteiger partial charge in [-0.2, -0.15) is 5.10 Å². The van der Waals surface area contributed by atoms with Crippen LogP contribution in [0.15, 0.2) is 104 Å². The SMILES string of the molecule is COCCOc1ccn2c(C(=O)Nc3cccc4c3cnn4Cc3cccc(OCc4ccccc4)c3)cnc2c1. The van der Waals surface area contributed by atoms with Gasteiger partial charge in [0.2, 0.25) is 0 Å². The first-order valence-electron chi connectivity index (χ1n) is 13.3. The Morgan fingerprint density at radius 2 is 1.68 bits per heavy atom. The summed E-state index contributed by atoms with van der Waals surface area (Å²) in [5.74, 6) is 1.20. The fourth-order valence-electron chi connectivity index (χ4n) is 4.63. The van der Waals surface area contributed by atoms with Crippen LogP contribution in [0.5, 0.6) is 11.5 Å². The predicted octanol–water partition coefficient (Wildman–Crippen LogP) is 5.59. The van der Waals surface area contributed by atoms with Crippen molar-refractivity contribution >= 4 is 28.1 Å². The smallest absolute Gasteiger partial charge is 0.274 e. The Labute approximate surface area is 236 Å². The summed E-state index contributed by atoms with van der Waals surface area (Å²) in [7, 11) is 1.62. The van der Waals surface area contributed by atoms with Crippen LogP contribution >= 0.6 is 0 Å². The van der Waals surface area contributed by atoms with Crippen molar-refractivity contribution in [1.82, 2.24) is 19.2 Å². The number of anilines is 1. The number of rotatable bonds is 11.